The number of rotatable bonds is 12. The van der Waals surface area contributed by atoms with E-state index in [2.05, 4.69) is 95.2 Å². The maximum Gasteiger partial charge on any atom is 0.245 e. The van der Waals surface area contributed by atoms with Gasteiger partial charge in [0.15, 0.2) is 0 Å². The smallest absolute Gasteiger partial charge is 0.245 e. The van der Waals surface area contributed by atoms with Crippen LogP contribution in [-0.2, 0) is 4.79 Å². The fraction of sp³-hybridized carbons (Fsp3) is 0.290. The largest absolute Gasteiger partial charge is 0.492 e. The molecule has 0 aliphatic rings. The van der Waals surface area contributed by atoms with E-state index in [9.17, 15) is 4.79 Å². The van der Waals surface area contributed by atoms with Crippen LogP contribution in [0.4, 0.5) is 0 Å². The number of likely N-dealkylation sites (N-methyl/N-ethyl adjacent to an activating group) is 1. The van der Waals surface area contributed by atoms with Crippen LogP contribution in [0.5, 0.6) is 5.75 Å². The third-order valence-electron chi connectivity index (χ3n) is 6.64. The third-order valence-corrected chi connectivity index (χ3v) is 6.64. The number of fused-ring (bicyclic) bond motifs is 1. The van der Waals surface area contributed by atoms with Gasteiger partial charge in [0.25, 0.3) is 0 Å². The van der Waals surface area contributed by atoms with Crippen molar-refractivity contribution in [2.24, 2.45) is 0 Å². The van der Waals surface area contributed by atoms with E-state index in [1.165, 1.54) is 16.7 Å². The third kappa shape index (κ3) is 6.86. The van der Waals surface area contributed by atoms with Crippen LogP contribution in [0.1, 0.15) is 41.9 Å². The van der Waals surface area contributed by atoms with E-state index in [1.54, 1.807) is 25.1 Å². The normalized spacial score (nSPS) is 13.1. The molecule has 3 aromatic carbocycles. The molecule has 0 aliphatic carbocycles. The van der Waals surface area contributed by atoms with Gasteiger partial charge in [0, 0.05) is 44.6 Å². The van der Waals surface area contributed by atoms with Crippen LogP contribution in [0.3, 0.4) is 0 Å². The SMILES string of the molecule is CCC(c1ccccc1)C(c1ccc(OCCNC/C=C\C(=O)N(C)C)cc1)c1ccc2[nH]ncc2c1. The fourth-order valence-corrected chi connectivity index (χ4v) is 4.68. The van der Waals surface area contributed by atoms with Crippen molar-refractivity contribution >= 4 is 16.8 Å². The molecule has 0 bridgehead atoms. The second kappa shape index (κ2) is 12.9. The molecule has 192 valence electrons. The minimum absolute atomic E-state index is 0.0151. The van der Waals surface area contributed by atoms with Gasteiger partial charge in [-0.2, -0.15) is 5.10 Å². The second-order valence-electron chi connectivity index (χ2n) is 9.38. The molecule has 2 atom stereocenters. The molecule has 4 rings (SSSR count). The van der Waals surface area contributed by atoms with E-state index in [1.807, 2.05) is 12.3 Å². The minimum atomic E-state index is -0.0151. The number of aromatic nitrogens is 2. The van der Waals surface area contributed by atoms with Crippen molar-refractivity contribution in [1.29, 1.82) is 0 Å². The first-order valence-electron chi connectivity index (χ1n) is 12.9. The molecule has 37 heavy (non-hydrogen) atoms. The van der Waals surface area contributed by atoms with Crippen LogP contribution in [0.15, 0.2) is 91.1 Å². The summed E-state index contributed by atoms with van der Waals surface area (Å²) in [7, 11) is 3.48. The summed E-state index contributed by atoms with van der Waals surface area (Å²) < 4.78 is 5.96. The minimum Gasteiger partial charge on any atom is -0.492 e. The van der Waals surface area contributed by atoms with Gasteiger partial charge in [-0.25, -0.2) is 0 Å². The number of ether oxygens (including phenoxy) is 1. The standard InChI is InChI=1S/C31H36N4O2/c1-4-28(23-9-6-5-7-10-23)31(25-14-17-29-26(21-25)22-33-34-29)24-12-15-27(16-13-24)37-20-19-32-18-8-11-30(36)35(2)3/h5-17,21-22,28,31-32H,4,18-20H2,1-3H3,(H,33,34)/b11-8-. The van der Waals surface area contributed by atoms with Gasteiger partial charge in [-0.05, 0) is 53.3 Å². The molecule has 2 unspecified atom stereocenters. The van der Waals surface area contributed by atoms with Crippen molar-refractivity contribution < 1.29 is 9.53 Å². The predicted molar refractivity (Wildman–Crippen MR) is 150 cm³/mol. The first-order chi connectivity index (χ1) is 18.1. The number of carbonyl (C=O) groups is 1. The molecule has 1 heterocycles. The summed E-state index contributed by atoms with van der Waals surface area (Å²) in [4.78, 5) is 13.1. The molecule has 6 heteroatoms. The van der Waals surface area contributed by atoms with Crippen molar-refractivity contribution in [2.75, 3.05) is 33.8 Å². The van der Waals surface area contributed by atoms with Crippen LogP contribution in [0.25, 0.3) is 10.9 Å². The number of H-pyrrole nitrogens is 1. The highest BCUT2D eigenvalue weighted by Crippen LogP contribution is 2.41. The summed E-state index contributed by atoms with van der Waals surface area (Å²) in [5.74, 6) is 1.38. The molecule has 1 amide bonds. The first-order valence-corrected chi connectivity index (χ1v) is 12.9. The quantitative estimate of drug-likeness (QED) is 0.201. The molecule has 0 saturated heterocycles. The molecular weight excluding hydrogens is 460 g/mol. The summed E-state index contributed by atoms with van der Waals surface area (Å²) in [5.41, 5.74) is 4.94. The van der Waals surface area contributed by atoms with E-state index in [0.717, 1.165) is 23.1 Å². The second-order valence-corrected chi connectivity index (χ2v) is 9.38. The zero-order valence-electron chi connectivity index (χ0n) is 21.9. The van der Waals surface area contributed by atoms with Crippen molar-refractivity contribution in [2.45, 2.75) is 25.2 Å². The number of nitrogens with zero attached hydrogens (tertiary/aromatic N) is 2. The molecule has 0 saturated carbocycles. The van der Waals surface area contributed by atoms with Gasteiger partial charge >= 0.3 is 0 Å². The van der Waals surface area contributed by atoms with Crippen LogP contribution in [0, 0.1) is 0 Å². The lowest BCUT2D eigenvalue weighted by molar-refractivity contribution is -0.123. The van der Waals surface area contributed by atoms with E-state index in [4.69, 9.17) is 4.74 Å². The van der Waals surface area contributed by atoms with Crippen molar-refractivity contribution in [3.05, 3.63) is 108 Å². The van der Waals surface area contributed by atoms with E-state index < -0.39 is 0 Å². The lowest BCUT2D eigenvalue weighted by atomic mass is 9.76. The molecule has 0 radical (unpaired) electrons. The Bertz CT molecular complexity index is 1300. The van der Waals surface area contributed by atoms with Gasteiger partial charge in [-0.15, -0.1) is 0 Å². The molecule has 2 N–H and O–H groups in total. The number of aromatic amines is 1. The number of benzene rings is 3. The highest BCUT2D eigenvalue weighted by molar-refractivity contribution is 5.87. The van der Waals surface area contributed by atoms with Crippen molar-refractivity contribution in [1.82, 2.24) is 20.4 Å². The number of amides is 1. The van der Waals surface area contributed by atoms with Gasteiger partial charge in [0.1, 0.15) is 12.4 Å². The highest BCUT2D eigenvalue weighted by atomic mass is 16.5. The Morgan fingerprint density at radius 1 is 1.03 bits per heavy atom. The van der Waals surface area contributed by atoms with Crippen LogP contribution < -0.4 is 10.1 Å². The zero-order valence-corrected chi connectivity index (χ0v) is 21.9. The molecule has 6 nitrogen and oxygen atoms in total. The summed E-state index contributed by atoms with van der Waals surface area (Å²) in [5, 5.41) is 11.7. The first kappa shape index (κ1) is 26.2. The molecule has 0 fully saturated rings. The summed E-state index contributed by atoms with van der Waals surface area (Å²) in [6.07, 6.45) is 6.32. The molecule has 0 aliphatic heterocycles. The van der Waals surface area contributed by atoms with Crippen molar-refractivity contribution in [3.8, 4) is 5.75 Å². The van der Waals surface area contributed by atoms with Gasteiger partial charge in [-0.1, -0.05) is 61.5 Å². The van der Waals surface area contributed by atoms with Crippen LogP contribution in [0.2, 0.25) is 0 Å². The maximum absolute atomic E-state index is 11.6. The number of hydrogen-bond donors (Lipinski definition) is 2. The molecular formula is C31H36N4O2. The molecule has 0 spiro atoms. The Hall–Kier alpha value is -3.90. The Kier molecular flexibility index (Phi) is 9.11. The lowest BCUT2D eigenvalue weighted by Gasteiger charge is -2.28. The summed E-state index contributed by atoms with van der Waals surface area (Å²) in [6.45, 7) is 4.14. The number of carbonyl (C=O) groups excluding carboxylic acids is 1. The lowest BCUT2D eigenvalue weighted by Crippen LogP contribution is -2.22. The van der Waals surface area contributed by atoms with Gasteiger partial charge in [-0.3, -0.25) is 9.89 Å². The Labute approximate surface area is 219 Å². The van der Waals surface area contributed by atoms with Crippen LogP contribution >= 0.6 is 0 Å². The Morgan fingerprint density at radius 3 is 2.51 bits per heavy atom. The Balaban J connectivity index is 1.45. The average Bonchev–Trinajstić information content (AvgIpc) is 3.40. The van der Waals surface area contributed by atoms with Gasteiger partial charge < -0.3 is 15.0 Å². The number of nitrogens with one attached hydrogen (secondary N) is 2. The highest BCUT2D eigenvalue weighted by Gasteiger charge is 2.25. The van der Waals surface area contributed by atoms with Gasteiger partial charge in [0.2, 0.25) is 5.91 Å². The van der Waals surface area contributed by atoms with E-state index in [0.29, 0.717) is 25.6 Å². The van der Waals surface area contributed by atoms with E-state index in [-0.39, 0.29) is 11.8 Å². The maximum atomic E-state index is 11.6. The predicted octanol–water partition coefficient (Wildman–Crippen LogP) is 5.50. The summed E-state index contributed by atoms with van der Waals surface area (Å²) in [6, 6.07) is 25.9. The molecule has 1 aromatic heterocycles. The monoisotopic (exact) mass is 496 g/mol. The topological polar surface area (TPSA) is 70.2 Å². The number of hydrogen-bond acceptors (Lipinski definition) is 4. The molecule has 4 aromatic rings. The zero-order chi connectivity index (χ0) is 26.0. The Morgan fingerprint density at radius 2 is 1.78 bits per heavy atom. The van der Waals surface area contributed by atoms with E-state index >= 15 is 0 Å². The van der Waals surface area contributed by atoms with Crippen molar-refractivity contribution in [3.63, 3.8) is 0 Å². The average molecular weight is 497 g/mol. The fourth-order valence-electron chi connectivity index (χ4n) is 4.68. The van der Waals surface area contributed by atoms with Crippen LogP contribution in [-0.4, -0.2) is 54.8 Å². The summed E-state index contributed by atoms with van der Waals surface area (Å²) >= 11 is 0. The van der Waals surface area contributed by atoms with Gasteiger partial charge in [0.05, 0.1) is 11.7 Å².